The Balaban J connectivity index is 1.74. The predicted molar refractivity (Wildman–Crippen MR) is 78.9 cm³/mol. The maximum absolute atomic E-state index is 12.3. The highest BCUT2D eigenvalue weighted by Crippen LogP contribution is 2.28. The van der Waals surface area contributed by atoms with Crippen molar-refractivity contribution in [3.8, 4) is 6.07 Å². The van der Waals surface area contributed by atoms with E-state index >= 15 is 0 Å². The molecule has 112 valence electrons. The molecule has 3 heterocycles. The number of H-pyrrole nitrogens is 1. The summed E-state index contributed by atoms with van der Waals surface area (Å²) in [6.07, 6.45) is 6.54. The number of rotatable bonds is 3. The van der Waals surface area contributed by atoms with Crippen LogP contribution < -0.4 is 5.32 Å². The number of carbonyl (C=O) groups is 1. The number of hydrogen-bond acceptors (Lipinski definition) is 4. The number of nitrogens with one attached hydrogen (secondary N) is 2. The third-order valence-electron chi connectivity index (χ3n) is 3.73. The molecule has 0 radical (unpaired) electrons. The van der Waals surface area contributed by atoms with E-state index in [0.717, 1.165) is 18.4 Å². The molecule has 0 spiro atoms. The summed E-state index contributed by atoms with van der Waals surface area (Å²) >= 11 is 0. The van der Waals surface area contributed by atoms with Crippen molar-refractivity contribution in [1.29, 1.82) is 5.26 Å². The van der Waals surface area contributed by atoms with E-state index in [1.807, 2.05) is 18.2 Å². The van der Waals surface area contributed by atoms with Gasteiger partial charge in [0.1, 0.15) is 17.9 Å². The lowest BCUT2D eigenvalue weighted by molar-refractivity contribution is -0.00954. The minimum Gasteiger partial charge on any atom is -0.371 e. The van der Waals surface area contributed by atoms with E-state index in [4.69, 9.17) is 10.00 Å². The first-order chi connectivity index (χ1) is 10.8. The van der Waals surface area contributed by atoms with Crippen molar-refractivity contribution in [3.05, 3.63) is 53.6 Å². The number of nitriles is 1. The van der Waals surface area contributed by atoms with E-state index in [2.05, 4.69) is 15.3 Å². The van der Waals surface area contributed by atoms with Crippen LogP contribution in [0.25, 0.3) is 0 Å². The van der Waals surface area contributed by atoms with Gasteiger partial charge in [0.05, 0.1) is 11.6 Å². The van der Waals surface area contributed by atoms with Crippen molar-refractivity contribution in [2.75, 3.05) is 6.61 Å². The Labute approximate surface area is 128 Å². The van der Waals surface area contributed by atoms with Gasteiger partial charge in [0.2, 0.25) is 0 Å². The molecule has 22 heavy (non-hydrogen) atoms. The van der Waals surface area contributed by atoms with Crippen LogP contribution >= 0.6 is 0 Å². The molecule has 1 aliphatic rings. The van der Waals surface area contributed by atoms with Crippen LogP contribution in [0.5, 0.6) is 0 Å². The molecule has 0 unspecified atom stereocenters. The zero-order valence-electron chi connectivity index (χ0n) is 12.0. The molecule has 6 heteroatoms. The minimum absolute atomic E-state index is 0.0996. The fourth-order valence-electron chi connectivity index (χ4n) is 2.65. The van der Waals surface area contributed by atoms with Gasteiger partial charge in [-0.15, -0.1) is 0 Å². The molecule has 1 aliphatic heterocycles. The normalized spacial score (nSPS) is 21.0. The lowest BCUT2D eigenvalue weighted by Crippen LogP contribution is -2.42. The van der Waals surface area contributed by atoms with Gasteiger partial charge in [0.25, 0.3) is 5.91 Å². The van der Waals surface area contributed by atoms with Gasteiger partial charge in [0, 0.05) is 25.2 Å². The van der Waals surface area contributed by atoms with Crippen LogP contribution in [-0.4, -0.2) is 28.5 Å². The van der Waals surface area contributed by atoms with Crippen LogP contribution in [0.2, 0.25) is 0 Å². The van der Waals surface area contributed by atoms with Gasteiger partial charge in [-0.25, -0.2) is 0 Å². The standard InChI is InChI=1S/C16H16N4O2/c17-9-11-8-14(19-10-11)16(21)20-13-2-1-7-22-15(13)12-3-5-18-6-4-12/h3-6,8,10,13,15,19H,1-2,7H2,(H,20,21)/t13-,15+/m0/s1. The second-order valence-electron chi connectivity index (χ2n) is 5.21. The second kappa shape index (κ2) is 6.41. The second-order valence-corrected chi connectivity index (χ2v) is 5.21. The van der Waals surface area contributed by atoms with Crippen molar-refractivity contribution in [3.63, 3.8) is 0 Å². The van der Waals surface area contributed by atoms with E-state index in [1.54, 1.807) is 18.5 Å². The van der Waals surface area contributed by atoms with Gasteiger partial charge < -0.3 is 15.0 Å². The molecule has 0 saturated carbocycles. The molecule has 0 aromatic carbocycles. The van der Waals surface area contributed by atoms with E-state index in [1.165, 1.54) is 6.20 Å². The highest BCUT2D eigenvalue weighted by molar-refractivity contribution is 5.93. The first-order valence-electron chi connectivity index (χ1n) is 7.19. The number of aromatic amines is 1. The SMILES string of the molecule is N#Cc1c[nH]c(C(=O)N[C@H]2CCCO[C@@H]2c2ccncc2)c1. The average Bonchev–Trinajstić information content (AvgIpc) is 3.05. The Morgan fingerprint density at radius 2 is 2.27 bits per heavy atom. The Bertz CT molecular complexity index is 690. The van der Waals surface area contributed by atoms with Gasteiger partial charge in [-0.2, -0.15) is 5.26 Å². The minimum atomic E-state index is -0.226. The zero-order chi connectivity index (χ0) is 15.4. The fraction of sp³-hybridized carbons (Fsp3) is 0.312. The Kier molecular flexibility index (Phi) is 4.17. The van der Waals surface area contributed by atoms with Gasteiger partial charge in [-0.3, -0.25) is 9.78 Å². The quantitative estimate of drug-likeness (QED) is 0.905. The van der Waals surface area contributed by atoms with Gasteiger partial charge >= 0.3 is 0 Å². The molecule has 0 bridgehead atoms. The van der Waals surface area contributed by atoms with Crippen molar-refractivity contribution in [2.24, 2.45) is 0 Å². The Morgan fingerprint density at radius 3 is 3.00 bits per heavy atom. The summed E-state index contributed by atoms with van der Waals surface area (Å²) in [6.45, 7) is 0.681. The van der Waals surface area contributed by atoms with Gasteiger partial charge in [-0.1, -0.05) is 0 Å². The number of amides is 1. The van der Waals surface area contributed by atoms with E-state index in [-0.39, 0.29) is 18.1 Å². The van der Waals surface area contributed by atoms with Crippen molar-refractivity contribution in [2.45, 2.75) is 25.0 Å². The number of aromatic nitrogens is 2. The maximum atomic E-state index is 12.3. The molecule has 0 aliphatic carbocycles. The number of ether oxygens (including phenoxy) is 1. The van der Waals surface area contributed by atoms with E-state index in [0.29, 0.717) is 17.9 Å². The van der Waals surface area contributed by atoms with Crippen LogP contribution in [0.1, 0.15) is 40.6 Å². The van der Waals surface area contributed by atoms with Crippen LogP contribution in [0.15, 0.2) is 36.8 Å². The molecule has 2 aromatic rings. The first kappa shape index (κ1) is 14.3. The molecule has 6 nitrogen and oxygen atoms in total. The lowest BCUT2D eigenvalue weighted by atomic mass is 9.96. The largest absolute Gasteiger partial charge is 0.371 e. The van der Waals surface area contributed by atoms with Gasteiger partial charge in [0.15, 0.2) is 0 Å². The third-order valence-corrected chi connectivity index (χ3v) is 3.73. The summed E-state index contributed by atoms with van der Waals surface area (Å²) in [4.78, 5) is 19.1. The Hall–Kier alpha value is -2.65. The molecule has 1 fully saturated rings. The summed E-state index contributed by atoms with van der Waals surface area (Å²) in [6, 6.07) is 7.24. The third kappa shape index (κ3) is 3.00. The van der Waals surface area contributed by atoms with Crippen molar-refractivity contribution < 1.29 is 9.53 Å². The molecule has 2 atom stereocenters. The molecular formula is C16H16N4O2. The van der Waals surface area contributed by atoms with Gasteiger partial charge in [-0.05, 0) is 36.6 Å². The zero-order valence-corrected chi connectivity index (χ0v) is 12.0. The summed E-state index contributed by atoms with van der Waals surface area (Å²) < 4.78 is 5.83. The summed E-state index contributed by atoms with van der Waals surface area (Å²) in [5.41, 5.74) is 1.83. The van der Waals surface area contributed by atoms with Crippen LogP contribution in [0.4, 0.5) is 0 Å². The number of nitrogens with zero attached hydrogens (tertiary/aromatic N) is 2. The monoisotopic (exact) mass is 296 g/mol. The molecule has 1 saturated heterocycles. The molecular weight excluding hydrogens is 280 g/mol. The van der Waals surface area contributed by atoms with Crippen LogP contribution in [-0.2, 0) is 4.74 Å². The predicted octanol–water partition coefficient (Wildman–Crippen LogP) is 1.93. The molecule has 1 amide bonds. The van der Waals surface area contributed by atoms with Crippen molar-refractivity contribution in [1.82, 2.24) is 15.3 Å². The van der Waals surface area contributed by atoms with E-state index in [9.17, 15) is 4.79 Å². The smallest absolute Gasteiger partial charge is 0.268 e. The van der Waals surface area contributed by atoms with Crippen LogP contribution in [0, 0.1) is 11.3 Å². The molecule has 3 rings (SSSR count). The van der Waals surface area contributed by atoms with Crippen molar-refractivity contribution >= 4 is 5.91 Å². The average molecular weight is 296 g/mol. The number of pyridine rings is 1. The van der Waals surface area contributed by atoms with Crippen LogP contribution in [0.3, 0.4) is 0 Å². The van der Waals surface area contributed by atoms with E-state index < -0.39 is 0 Å². The first-order valence-corrected chi connectivity index (χ1v) is 7.19. The Morgan fingerprint density at radius 1 is 1.45 bits per heavy atom. The lowest BCUT2D eigenvalue weighted by Gasteiger charge is -2.32. The number of carbonyl (C=O) groups excluding carboxylic acids is 1. The summed E-state index contributed by atoms with van der Waals surface area (Å²) in [5.74, 6) is -0.226. The summed E-state index contributed by atoms with van der Waals surface area (Å²) in [5, 5.41) is 11.8. The topological polar surface area (TPSA) is 90.8 Å². The highest BCUT2D eigenvalue weighted by atomic mass is 16.5. The molecule has 2 aromatic heterocycles. The molecule has 2 N–H and O–H groups in total. The highest BCUT2D eigenvalue weighted by Gasteiger charge is 2.29. The maximum Gasteiger partial charge on any atom is 0.268 e. The summed E-state index contributed by atoms with van der Waals surface area (Å²) in [7, 11) is 0. The number of hydrogen-bond donors (Lipinski definition) is 2. The fourth-order valence-corrected chi connectivity index (χ4v) is 2.65.